The lowest BCUT2D eigenvalue weighted by atomic mass is 9.93. The third-order valence-electron chi connectivity index (χ3n) is 5.38. The highest BCUT2D eigenvalue weighted by atomic mass is 15.2. The Morgan fingerprint density at radius 2 is 1.65 bits per heavy atom. The fourth-order valence-electron chi connectivity index (χ4n) is 3.96. The maximum Gasteiger partial charge on any atom is 0.0226 e. The van der Waals surface area contributed by atoms with Gasteiger partial charge in [0.05, 0.1) is 0 Å². The van der Waals surface area contributed by atoms with Crippen molar-refractivity contribution in [3.05, 3.63) is 0 Å². The van der Waals surface area contributed by atoms with Crippen LogP contribution in [0.1, 0.15) is 59.8 Å². The van der Waals surface area contributed by atoms with E-state index in [1.807, 2.05) is 0 Å². The first-order valence-corrected chi connectivity index (χ1v) is 9.02. The van der Waals surface area contributed by atoms with E-state index in [1.54, 1.807) is 0 Å². The molecule has 2 aliphatic rings. The van der Waals surface area contributed by atoms with E-state index in [4.69, 9.17) is 0 Å². The summed E-state index contributed by atoms with van der Waals surface area (Å²) in [6, 6.07) is 0.779. The van der Waals surface area contributed by atoms with Crippen LogP contribution in [0, 0.1) is 23.7 Å². The summed E-state index contributed by atoms with van der Waals surface area (Å²) in [7, 11) is 0. The van der Waals surface area contributed by atoms with Crippen molar-refractivity contribution in [2.45, 2.75) is 65.8 Å². The molecule has 0 radical (unpaired) electrons. The zero-order chi connectivity index (χ0) is 14.5. The van der Waals surface area contributed by atoms with E-state index in [1.165, 1.54) is 58.3 Å². The Labute approximate surface area is 126 Å². The third-order valence-corrected chi connectivity index (χ3v) is 5.38. The van der Waals surface area contributed by atoms with E-state index in [9.17, 15) is 0 Å². The predicted molar refractivity (Wildman–Crippen MR) is 88.0 cm³/mol. The van der Waals surface area contributed by atoms with E-state index >= 15 is 0 Å². The van der Waals surface area contributed by atoms with Gasteiger partial charge >= 0.3 is 0 Å². The van der Waals surface area contributed by atoms with Gasteiger partial charge in [0.1, 0.15) is 0 Å². The number of nitrogens with zero attached hydrogens (tertiary/aromatic N) is 1. The first-order chi connectivity index (χ1) is 9.56. The van der Waals surface area contributed by atoms with Gasteiger partial charge in [0, 0.05) is 12.6 Å². The van der Waals surface area contributed by atoms with Gasteiger partial charge in [-0.25, -0.2) is 0 Å². The van der Waals surface area contributed by atoms with Crippen molar-refractivity contribution < 1.29 is 0 Å². The molecule has 1 aliphatic carbocycles. The minimum atomic E-state index is 0.779. The smallest absolute Gasteiger partial charge is 0.0226 e. The molecule has 3 atom stereocenters. The van der Waals surface area contributed by atoms with Crippen LogP contribution in [0.15, 0.2) is 0 Å². The Kier molecular flexibility index (Phi) is 6.35. The number of nitrogens with one attached hydrogen (secondary N) is 1. The number of hydrogen-bond acceptors (Lipinski definition) is 2. The predicted octanol–water partition coefficient (Wildman–Crippen LogP) is 3.77. The first-order valence-electron chi connectivity index (χ1n) is 9.02. The monoisotopic (exact) mass is 280 g/mol. The van der Waals surface area contributed by atoms with Gasteiger partial charge in [-0.1, -0.05) is 34.1 Å². The molecule has 2 nitrogen and oxygen atoms in total. The van der Waals surface area contributed by atoms with Gasteiger partial charge in [0.25, 0.3) is 0 Å². The number of fused-ring (bicyclic) bond motifs is 1. The minimum Gasteiger partial charge on any atom is -0.312 e. The van der Waals surface area contributed by atoms with E-state index < -0.39 is 0 Å². The van der Waals surface area contributed by atoms with Crippen LogP contribution in [-0.4, -0.2) is 37.1 Å². The van der Waals surface area contributed by atoms with Gasteiger partial charge in [-0.3, -0.25) is 0 Å². The van der Waals surface area contributed by atoms with Crippen LogP contribution in [0.4, 0.5) is 0 Å². The second kappa shape index (κ2) is 7.79. The summed E-state index contributed by atoms with van der Waals surface area (Å²) in [5.41, 5.74) is 0. The molecular formula is C18H36N2. The summed E-state index contributed by atoms with van der Waals surface area (Å²) in [6.07, 6.45) is 7.13. The SMILES string of the molecule is CC(C)CCN(CCC(C)C)CC1NCC2CCCC21. The van der Waals surface area contributed by atoms with Crippen molar-refractivity contribution in [1.82, 2.24) is 10.2 Å². The molecule has 0 aromatic carbocycles. The molecule has 0 aromatic heterocycles. The van der Waals surface area contributed by atoms with Crippen molar-refractivity contribution in [2.75, 3.05) is 26.2 Å². The highest BCUT2D eigenvalue weighted by Crippen LogP contribution is 2.37. The lowest BCUT2D eigenvalue weighted by Gasteiger charge is -2.29. The maximum atomic E-state index is 3.82. The quantitative estimate of drug-likeness (QED) is 0.728. The molecule has 1 heterocycles. The molecule has 2 rings (SSSR count). The van der Waals surface area contributed by atoms with Crippen LogP contribution in [0.5, 0.6) is 0 Å². The Hall–Kier alpha value is -0.0800. The van der Waals surface area contributed by atoms with Gasteiger partial charge in [-0.05, 0) is 69.0 Å². The largest absolute Gasteiger partial charge is 0.312 e. The fraction of sp³-hybridized carbons (Fsp3) is 1.00. The molecule has 0 aromatic rings. The van der Waals surface area contributed by atoms with Gasteiger partial charge in [0.2, 0.25) is 0 Å². The second-order valence-electron chi connectivity index (χ2n) is 8.04. The molecule has 118 valence electrons. The summed E-state index contributed by atoms with van der Waals surface area (Å²) in [5.74, 6) is 3.63. The average Bonchev–Trinajstić information content (AvgIpc) is 2.96. The standard InChI is InChI=1S/C18H36N2/c1-14(2)8-10-20(11-9-15(3)4)13-18-17-7-5-6-16(17)12-19-18/h14-19H,5-13H2,1-4H3. The molecule has 0 amide bonds. The molecule has 2 fully saturated rings. The van der Waals surface area contributed by atoms with Gasteiger partial charge in [0.15, 0.2) is 0 Å². The lowest BCUT2D eigenvalue weighted by Crippen LogP contribution is -2.42. The van der Waals surface area contributed by atoms with Crippen molar-refractivity contribution in [3.63, 3.8) is 0 Å². The summed E-state index contributed by atoms with van der Waals surface area (Å²) < 4.78 is 0. The van der Waals surface area contributed by atoms with E-state index in [0.29, 0.717) is 0 Å². The van der Waals surface area contributed by atoms with Crippen molar-refractivity contribution in [1.29, 1.82) is 0 Å². The normalized spacial score (nSPS) is 29.9. The van der Waals surface area contributed by atoms with Crippen LogP contribution in [-0.2, 0) is 0 Å². The highest BCUT2D eigenvalue weighted by molar-refractivity contribution is 4.95. The zero-order valence-corrected chi connectivity index (χ0v) is 14.2. The van der Waals surface area contributed by atoms with E-state index in [2.05, 4.69) is 37.9 Å². The van der Waals surface area contributed by atoms with Crippen molar-refractivity contribution >= 4 is 0 Å². The highest BCUT2D eigenvalue weighted by Gasteiger charge is 2.39. The van der Waals surface area contributed by atoms with Gasteiger partial charge in [-0.2, -0.15) is 0 Å². The molecule has 0 bridgehead atoms. The zero-order valence-electron chi connectivity index (χ0n) is 14.2. The van der Waals surface area contributed by atoms with Crippen LogP contribution in [0.25, 0.3) is 0 Å². The average molecular weight is 280 g/mol. The molecule has 2 heteroatoms. The summed E-state index contributed by atoms with van der Waals surface area (Å²) in [4.78, 5) is 2.75. The van der Waals surface area contributed by atoms with Gasteiger partial charge < -0.3 is 10.2 Å². The van der Waals surface area contributed by atoms with Gasteiger partial charge in [-0.15, -0.1) is 0 Å². The molecule has 3 unspecified atom stereocenters. The Morgan fingerprint density at radius 1 is 1.00 bits per heavy atom. The summed E-state index contributed by atoms with van der Waals surface area (Å²) in [6.45, 7) is 14.6. The van der Waals surface area contributed by atoms with E-state index in [0.717, 1.165) is 29.7 Å². The molecular weight excluding hydrogens is 244 g/mol. The fourth-order valence-corrected chi connectivity index (χ4v) is 3.96. The number of hydrogen-bond donors (Lipinski definition) is 1. The Balaban J connectivity index is 1.82. The Morgan fingerprint density at radius 3 is 2.25 bits per heavy atom. The molecule has 1 saturated heterocycles. The van der Waals surface area contributed by atoms with Crippen LogP contribution in [0.3, 0.4) is 0 Å². The molecule has 1 N–H and O–H groups in total. The molecule has 20 heavy (non-hydrogen) atoms. The summed E-state index contributed by atoms with van der Waals surface area (Å²) >= 11 is 0. The first kappa shape index (κ1) is 16.3. The third kappa shape index (κ3) is 4.73. The summed E-state index contributed by atoms with van der Waals surface area (Å²) in [5, 5.41) is 3.82. The topological polar surface area (TPSA) is 15.3 Å². The minimum absolute atomic E-state index is 0.779. The van der Waals surface area contributed by atoms with Crippen LogP contribution in [0.2, 0.25) is 0 Å². The molecule has 1 saturated carbocycles. The van der Waals surface area contributed by atoms with E-state index in [-0.39, 0.29) is 0 Å². The number of rotatable bonds is 8. The molecule has 0 spiro atoms. The van der Waals surface area contributed by atoms with Crippen molar-refractivity contribution in [2.24, 2.45) is 23.7 Å². The van der Waals surface area contributed by atoms with Crippen molar-refractivity contribution in [3.8, 4) is 0 Å². The van der Waals surface area contributed by atoms with Crippen LogP contribution < -0.4 is 5.32 Å². The van der Waals surface area contributed by atoms with Crippen LogP contribution >= 0.6 is 0 Å². The molecule has 1 aliphatic heterocycles. The maximum absolute atomic E-state index is 3.82. The second-order valence-corrected chi connectivity index (χ2v) is 8.04. The Bertz CT molecular complexity index is 263. The lowest BCUT2D eigenvalue weighted by molar-refractivity contribution is 0.206.